The van der Waals surface area contributed by atoms with Crippen LogP contribution in [0.2, 0.25) is 0 Å². The predicted octanol–water partition coefficient (Wildman–Crippen LogP) is 2.27. The van der Waals surface area contributed by atoms with Crippen LogP contribution in [0.4, 0.5) is 15.8 Å². The Balaban J connectivity index is 1.96. The molecule has 21 heavy (non-hydrogen) atoms. The van der Waals surface area contributed by atoms with Crippen molar-refractivity contribution in [3.63, 3.8) is 0 Å². The van der Waals surface area contributed by atoms with Gasteiger partial charge in [0, 0.05) is 0 Å². The second kappa shape index (κ2) is 4.85. The van der Waals surface area contributed by atoms with Gasteiger partial charge in [-0.2, -0.15) is 0 Å². The maximum absolute atomic E-state index is 13.4. The van der Waals surface area contributed by atoms with E-state index in [0.29, 0.717) is 11.3 Å². The lowest BCUT2D eigenvalue weighted by molar-refractivity contribution is 0.520. The fourth-order valence-electron chi connectivity index (χ4n) is 2.07. The molecule has 2 N–H and O–H groups in total. The molecule has 1 aliphatic heterocycles. The number of sulfonamides is 1. The second-order valence-corrected chi connectivity index (χ2v) is 6.48. The first-order chi connectivity index (χ1) is 9.98. The van der Waals surface area contributed by atoms with Gasteiger partial charge in [-0.1, -0.05) is 18.2 Å². The molecule has 0 amide bonds. The minimum absolute atomic E-state index is 0.00261. The summed E-state index contributed by atoms with van der Waals surface area (Å²) in [5.74, 6) is -0.570. The lowest BCUT2D eigenvalue weighted by Gasteiger charge is -2.24. The molecule has 2 aromatic carbocycles. The van der Waals surface area contributed by atoms with E-state index in [1.807, 2.05) is 0 Å². The van der Waals surface area contributed by atoms with E-state index in [-0.39, 0.29) is 17.1 Å². The Kier molecular flexibility index (Phi) is 3.13. The van der Waals surface area contributed by atoms with Gasteiger partial charge in [0.15, 0.2) is 0 Å². The second-order valence-electron chi connectivity index (χ2n) is 4.62. The number of nitrogens with two attached hydrogens (primary N) is 1. The standard InChI is InChI=1S/C14H12FN3O2S/c15-11-7-10(5-6-12(11)16)8-18-9-17-13-3-1-2-4-14(13)21(18,19)20/h1-7,9H,8,16H2. The number of benzene rings is 2. The Bertz CT molecular complexity index is 834. The number of halogens is 1. The molecule has 2 aromatic rings. The van der Waals surface area contributed by atoms with Crippen LogP contribution in [0.25, 0.3) is 0 Å². The van der Waals surface area contributed by atoms with E-state index in [9.17, 15) is 12.8 Å². The van der Waals surface area contributed by atoms with Crippen molar-refractivity contribution in [3.05, 3.63) is 53.8 Å². The van der Waals surface area contributed by atoms with Gasteiger partial charge in [-0.05, 0) is 29.8 Å². The highest BCUT2D eigenvalue weighted by molar-refractivity contribution is 7.89. The van der Waals surface area contributed by atoms with Gasteiger partial charge in [-0.15, -0.1) is 0 Å². The van der Waals surface area contributed by atoms with Crippen LogP contribution in [0.3, 0.4) is 0 Å². The third kappa shape index (κ3) is 2.36. The molecule has 0 atom stereocenters. The summed E-state index contributed by atoms with van der Waals surface area (Å²) in [6, 6.07) is 10.7. The molecule has 0 unspecified atom stereocenters. The number of para-hydroxylation sites is 1. The van der Waals surface area contributed by atoms with Gasteiger partial charge in [0.2, 0.25) is 0 Å². The van der Waals surface area contributed by atoms with Crippen LogP contribution in [0.5, 0.6) is 0 Å². The monoisotopic (exact) mass is 305 g/mol. The lowest BCUT2D eigenvalue weighted by atomic mass is 10.2. The van der Waals surface area contributed by atoms with Crippen molar-refractivity contribution in [2.24, 2.45) is 4.99 Å². The topological polar surface area (TPSA) is 75.8 Å². The van der Waals surface area contributed by atoms with Crippen molar-refractivity contribution in [1.29, 1.82) is 0 Å². The number of aliphatic imine (C=N–C) groups is 1. The Hall–Kier alpha value is -2.41. The van der Waals surface area contributed by atoms with Gasteiger partial charge < -0.3 is 5.73 Å². The van der Waals surface area contributed by atoms with Crippen LogP contribution in [-0.4, -0.2) is 19.1 Å². The molecule has 0 saturated heterocycles. The quantitative estimate of drug-likeness (QED) is 0.865. The fourth-order valence-corrected chi connectivity index (χ4v) is 3.45. The number of anilines is 1. The van der Waals surface area contributed by atoms with Crippen molar-refractivity contribution >= 4 is 27.7 Å². The molecule has 3 rings (SSSR count). The smallest absolute Gasteiger partial charge is 0.267 e. The van der Waals surface area contributed by atoms with Crippen LogP contribution in [0.1, 0.15) is 5.56 Å². The minimum atomic E-state index is -3.67. The molecule has 0 fully saturated rings. The molecular formula is C14H12FN3O2S. The van der Waals surface area contributed by atoms with Crippen molar-refractivity contribution in [2.45, 2.75) is 11.4 Å². The molecule has 0 spiro atoms. The van der Waals surface area contributed by atoms with E-state index in [4.69, 9.17) is 5.73 Å². The first kappa shape index (κ1) is 13.6. The van der Waals surface area contributed by atoms with E-state index in [2.05, 4.69) is 4.99 Å². The molecule has 1 heterocycles. The summed E-state index contributed by atoms with van der Waals surface area (Å²) in [4.78, 5) is 4.25. The Morgan fingerprint density at radius 1 is 1.19 bits per heavy atom. The van der Waals surface area contributed by atoms with Crippen LogP contribution in [0.15, 0.2) is 52.4 Å². The highest BCUT2D eigenvalue weighted by Gasteiger charge is 2.28. The maximum Gasteiger partial charge on any atom is 0.267 e. The highest BCUT2D eigenvalue weighted by Crippen LogP contribution is 2.30. The molecule has 0 bridgehead atoms. The van der Waals surface area contributed by atoms with Gasteiger partial charge >= 0.3 is 0 Å². The Labute approximate surface area is 121 Å². The van der Waals surface area contributed by atoms with Gasteiger partial charge in [-0.25, -0.2) is 17.8 Å². The summed E-state index contributed by atoms with van der Waals surface area (Å²) in [7, 11) is -3.67. The van der Waals surface area contributed by atoms with Gasteiger partial charge in [0.1, 0.15) is 17.1 Å². The summed E-state index contributed by atoms with van der Waals surface area (Å²) in [5, 5.41) is 0. The number of nitrogen functional groups attached to an aromatic ring is 1. The van der Waals surface area contributed by atoms with Gasteiger partial charge in [0.05, 0.1) is 17.9 Å². The van der Waals surface area contributed by atoms with Gasteiger partial charge in [-0.3, -0.25) is 4.31 Å². The number of hydrogen-bond donors (Lipinski definition) is 1. The number of hydrogen-bond acceptors (Lipinski definition) is 4. The predicted molar refractivity (Wildman–Crippen MR) is 78.1 cm³/mol. The third-order valence-electron chi connectivity index (χ3n) is 3.18. The third-order valence-corrected chi connectivity index (χ3v) is 4.92. The first-order valence-corrected chi connectivity index (χ1v) is 7.61. The molecule has 0 aliphatic carbocycles. The Morgan fingerprint density at radius 2 is 1.95 bits per heavy atom. The molecule has 5 nitrogen and oxygen atoms in total. The van der Waals surface area contributed by atoms with Crippen LogP contribution in [-0.2, 0) is 16.6 Å². The summed E-state index contributed by atoms with van der Waals surface area (Å²) < 4.78 is 39.5. The zero-order valence-electron chi connectivity index (χ0n) is 10.9. The lowest BCUT2D eigenvalue weighted by Crippen LogP contribution is -2.31. The fraction of sp³-hybridized carbons (Fsp3) is 0.0714. The van der Waals surface area contributed by atoms with Crippen molar-refractivity contribution < 1.29 is 12.8 Å². The summed E-state index contributed by atoms with van der Waals surface area (Å²) in [6.07, 6.45) is 1.24. The Morgan fingerprint density at radius 3 is 2.71 bits per heavy atom. The summed E-state index contributed by atoms with van der Waals surface area (Å²) in [5.41, 5.74) is 6.33. The number of fused-ring (bicyclic) bond motifs is 1. The average Bonchev–Trinajstić information content (AvgIpc) is 2.46. The number of rotatable bonds is 2. The first-order valence-electron chi connectivity index (χ1n) is 6.17. The normalized spacial score (nSPS) is 15.8. The SMILES string of the molecule is Nc1ccc(CN2C=Nc3ccccc3S2(=O)=O)cc1F. The number of nitrogens with zero attached hydrogens (tertiary/aromatic N) is 2. The van der Waals surface area contributed by atoms with E-state index in [1.165, 1.54) is 24.5 Å². The van der Waals surface area contributed by atoms with Crippen LogP contribution in [0, 0.1) is 5.82 Å². The molecular weight excluding hydrogens is 293 g/mol. The zero-order valence-corrected chi connectivity index (χ0v) is 11.7. The largest absolute Gasteiger partial charge is 0.396 e. The molecule has 7 heteroatoms. The van der Waals surface area contributed by atoms with E-state index in [0.717, 1.165) is 4.31 Å². The van der Waals surface area contributed by atoms with E-state index >= 15 is 0 Å². The van der Waals surface area contributed by atoms with Crippen molar-refractivity contribution in [1.82, 2.24) is 4.31 Å². The highest BCUT2D eigenvalue weighted by atomic mass is 32.2. The molecule has 0 radical (unpaired) electrons. The average molecular weight is 305 g/mol. The molecule has 0 saturated carbocycles. The van der Waals surface area contributed by atoms with E-state index in [1.54, 1.807) is 24.3 Å². The maximum atomic E-state index is 13.4. The van der Waals surface area contributed by atoms with Crippen LogP contribution >= 0.6 is 0 Å². The molecule has 1 aliphatic rings. The summed E-state index contributed by atoms with van der Waals surface area (Å²) >= 11 is 0. The molecule has 108 valence electrons. The zero-order chi connectivity index (χ0) is 15.0. The van der Waals surface area contributed by atoms with Gasteiger partial charge in [0.25, 0.3) is 10.0 Å². The van der Waals surface area contributed by atoms with Crippen LogP contribution < -0.4 is 5.73 Å². The summed E-state index contributed by atoms with van der Waals surface area (Å²) in [6.45, 7) is -0.00261. The van der Waals surface area contributed by atoms with Crippen molar-refractivity contribution in [2.75, 3.05) is 5.73 Å². The van der Waals surface area contributed by atoms with E-state index < -0.39 is 15.8 Å². The van der Waals surface area contributed by atoms with Crippen molar-refractivity contribution in [3.8, 4) is 0 Å². The minimum Gasteiger partial charge on any atom is -0.396 e. The molecule has 0 aromatic heterocycles.